The van der Waals surface area contributed by atoms with E-state index in [9.17, 15) is 0 Å². The fourth-order valence-electron chi connectivity index (χ4n) is 1.71. The van der Waals surface area contributed by atoms with Gasteiger partial charge in [0.15, 0.2) is 0 Å². The summed E-state index contributed by atoms with van der Waals surface area (Å²) < 4.78 is 5.56. The maximum Gasteiger partial charge on any atom is 0.123 e. The zero-order chi connectivity index (χ0) is 9.47. The Balaban J connectivity index is 2.55. The van der Waals surface area contributed by atoms with Crippen molar-refractivity contribution in [1.82, 2.24) is 0 Å². The van der Waals surface area contributed by atoms with E-state index in [0.29, 0.717) is 0 Å². The van der Waals surface area contributed by atoms with Crippen LogP contribution in [0.4, 0.5) is 0 Å². The van der Waals surface area contributed by atoms with Crippen molar-refractivity contribution in [2.45, 2.75) is 25.7 Å². The molecule has 0 saturated carbocycles. The van der Waals surface area contributed by atoms with Crippen LogP contribution in [0.5, 0.6) is 5.75 Å². The molecule has 0 aliphatic carbocycles. The minimum absolute atomic E-state index is 0.193. The summed E-state index contributed by atoms with van der Waals surface area (Å²) in [5, 5.41) is 0.789. The van der Waals surface area contributed by atoms with Crippen molar-refractivity contribution in [1.29, 1.82) is 0 Å². The highest BCUT2D eigenvalue weighted by atomic mass is 35.5. The van der Waals surface area contributed by atoms with Crippen molar-refractivity contribution >= 4 is 11.6 Å². The first-order valence-corrected chi connectivity index (χ1v) is 4.90. The maximum absolute atomic E-state index is 5.95. The van der Waals surface area contributed by atoms with Crippen LogP contribution >= 0.6 is 11.6 Å². The minimum atomic E-state index is 0.193. The third kappa shape index (κ3) is 1.53. The molecule has 0 radical (unpaired) electrons. The number of fused-ring (bicyclic) bond motifs is 1. The Hall–Kier alpha value is -0.690. The van der Waals surface area contributed by atoms with Crippen LogP contribution in [0.2, 0.25) is 5.02 Å². The molecule has 1 aliphatic rings. The average molecular weight is 197 g/mol. The molecule has 2 rings (SSSR count). The molecule has 70 valence electrons. The van der Waals surface area contributed by atoms with Gasteiger partial charge in [-0.25, -0.2) is 0 Å². The molecule has 0 atom stereocenters. The molecule has 0 unspecified atom stereocenters. The second-order valence-corrected chi connectivity index (χ2v) is 4.56. The second-order valence-electron chi connectivity index (χ2n) is 4.12. The molecule has 13 heavy (non-hydrogen) atoms. The normalized spacial score (nSPS) is 19.0. The van der Waals surface area contributed by atoms with Crippen LogP contribution in [0.15, 0.2) is 18.2 Å². The lowest BCUT2D eigenvalue weighted by atomic mass is 9.80. The summed E-state index contributed by atoms with van der Waals surface area (Å²) in [5.74, 6) is 0.987. The van der Waals surface area contributed by atoms with Crippen LogP contribution in [0.1, 0.15) is 25.8 Å². The molecule has 0 aromatic heterocycles. The van der Waals surface area contributed by atoms with Crippen molar-refractivity contribution in [3.63, 3.8) is 0 Å². The van der Waals surface area contributed by atoms with E-state index in [2.05, 4.69) is 13.8 Å². The Morgan fingerprint density at radius 2 is 2.15 bits per heavy atom. The lowest BCUT2D eigenvalue weighted by molar-refractivity contribution is 0.234. The highest BCUT2D eigenvalue weighted by molar-refractivity contribution is 6.30. The molecule has 0 spiro atoms. The van der Waals surface area contributed by atoms with E-state index in [1.165, 1.54) is 5.56 Å². The van der Waals surface area contributed by atoms with Crippen LogP contribution in [0.25, 0.3) is 0 Å². The number of ether oxygens (including phenoxy) is 1. The third-order valence-corrected chi connectivity index (χ3v) is 2.89. The number of rotatable bonds is 0. The third-order valence-electron chi connectivity index (χ3n) is 2.66. The van der Waals surface area contributed by atoms with E-state index in [1.54, 1.807) is 0 Å². The van der Waals surface area contributed by atoms with E-state index < -0.39 is 0 Å². The van der Waals surface area contributed by atoms with Gasteiger partial charge in [0.1, 0.15) is 5.75 Å². The first kappa shape index (κ1) is 8.89. The van der Waals surface area contributed by atoms with Crippen LogP contribution in [-0.4, -0.2) is 6.61 Å². The standard InChI is InChI=1S/C11H13ClO/c1-11(2)5-6-13-10-4-3-8(12)7-9(10)11/h3-4,7H,5-6H2,1-2H3. The topological polar surface area (TPSA) is 9.23 Å². The molecular formula is C11H13ClO. The van der Waals surface area contributed by atoms with Gasteiger partial charge in [0.25, 0.3) is 0 Å². The lowest BCUT2D eigenvalue weighted by Gasteiger charge is -2.32. The zero-order valence-electron chi connectivity index (χ0n) is 7.93. The molecule has 0 fully saturated rings. The molecule has 0 bridgehead atoms. The Kier molecular flexibility index (Phi) is 1.99. The minimum Gasteiger partial charge on any atom is -0.493 e. The van der Waals surface area contributed by atoms with Gasteiger partial charge < -0.3 is 4.74 Å². The highest BCUT2D eigenvalue weighted by Gasteiger charge is 2.28. The van der Waals surface area contributed by atoms with Crippen molar-refractivity contribution in [3.05, 3.63) is 28.8 Å². The Morgan fingerprint density at radius 3 is 2.92 bits per heavy atom. The van der Waals surface area contributed by atoms with Gasteiger partial charge in [0, 0.05) is 10.6 Å². The Morgan fingerprint density at radius 1 is 1.38 bits per heavy atom. The fourth-order valence-corrected chi connectivity index (χ4v) is 1.88. The number of benzene rings is 1. The van der Waals surface area contributed by atoms with E-state index in [4.69, 9.17) is 16.3 Å². The lowest BCUT2D eigenvalue weighted by Crippen LogP contribution is -2.26. The quantitative estimate of drug-likeness (QED) is 0.618. The molecule has 1 aromatic rings. The maximum atomic E-state index is 5.95. The molecule has 0 N–H and O–H groups in total. The first-order valence-electron chi connectivity index (χ1n) is 4.52. The summed E-state index contributed by atoms with van der Waals surface area (Å²) in [5.41, 5.74) is 1.42. The van der Waals surface area contributed by atoms with E-state index >= 15 is 0 Å². The smallest absolute Gasteiger partial charge is 0.123 e. The summed E-state index contributed by atoms with van der Waals surface area (Å²) >= 11 is 5.95. The van der Waals surface area contributed by atoms with Crippen molar-refractivity contribution < 1.29 is 4.74 Å². The Labute approximate surface area is 83.7 Å². The number of halogens is 1. The predicted molar refractivity (Wildman–Crippen MR) is 54.6 cm³/mol. The molecule has 2 heteroatoms. The second kappa shape index (κ2) is 2.91. The van der Waals surface area contributed by atoms with E-state index in [1.807, 2.05) is 18.2 Å². The van der Waals surface area contributed by atoms with Crippen molar-refractivity contribution in [2.75, 3.05) is 6.61 Å². The van der Waals surface area contributed by atoms with Gasteiger partial charge in [-0.2, -0.15) is 0 Å². The van der Waals surface area contributed by atoms with Crippen molar-refractivity contribution in [3.8, 4) is 5.75 Å². The Bertz CT molecular complexity index is 331. The molecular weight excluding hydrogens is 184 g/mol. The molecule has 1 heterocycles. The summed E-state index contributed by atoms with van der Waals surface area (Å²) in [7, 11) is 0. The van der Waals surface area contributed by atoms with Crippen molar-refractivity contribution in [2.24, 2.45) is 0 Å². The SMILES string of the molecule is CC1(C)CCOc2ccc(Cl)cc21. The van der Waals surface area contributed by atoms with Crippen LogP contribution in [-0.2, 0) is 5.41 Å². The molecule has 1 nitrogen and oxygen atoms in total. The number of hydrogen-bond acceptors (Lipinski definition) is 1. The molecule has 0 saturated heterocycles. The summed E-state index contributed by atoms with van der Waals surface area (Å²) in [4.78, 5) is 0. The molecule has 1 aromatic carbocycles. The van der Waals surface area contributed by atoms with E-state index in [-0.39, 0.29) is 5.41 Å². The average Bonchev–Trinajstić information content (AvgIpc) is 2.06. The van der Waals surface area contributed by atoms with Crippen LogP contribution in [0, 0.1) is 0 Å². The largest absolute Gasteiger partial charge is 0.493 e. The summed E-state index contributed by atoms with van der Waals surface area (Å²) in [6, 6.07) is 5.84. The predicted octanol–water partition coefficient (Wildman–Crippen LogP) is 3.40. The monoisotopic (exact) mass is 196 g/mol. The number of hydrogen-bond donors (Lipinski definition) is 0. The fraction of sp³-hybridized carbons (Fsp3) is 0.455. The summed E-state index contributed by atoms with van der Waals surface area (Å²) in [6.45, 7) is 5.26. The van der Waals surface area contributed by atoms with Gasteiger partial charge in [-0.05, 0) is 30.0 Å². The summed E-state index contributed by atoms with van der Waals surface area (Å²) in [6.07, 6.45) is 1.06. The van der Waals surface area contributed by atoms with Gasteiger partial charge >= 0.3 is 0 Å². The van der Waals surface area contributed by atoms with Crippen LogP contribution in [0.3, 0.4) is 0 Å². The van der Waals surface area contributed by atoms with Gasteiger partial charge in [0.2, 0.25) is 0 Å². The molecule has 0 amide bonds. The van der Waals surface area contributed by atoms with Crippen LogP contribution < -0.4 is 4.74 Å². The zero-order valence-corrected chi connectivity index (χ0v) is 8.69. The van der Waals surface area contributed by atoms with Gasteiger partial charge in [-0.3, -0.25) is 0 Å². The highest BCUT2D eigenvalue weighted by Crippen LogP contribution is 2.39. The van der Waals surface area contributed by atoms with Gasteiger partial charge in [-0.15, -0.1) is 0 Å². The molecule has 1 aliphatic heterocycles. The van der Waals surface area contributed by atoms with Gasteiger partial charge in [0.05, 0.1) is 6.61 Å². The van der Waals surface area contributed by atoms with E-state index in [0.717, 1.165) is 23.8 Å². The van der Waals surface area contributed by atoms with Gasteiger partial charge in [-0.1, -0.05) is 25.4 Å². The first-order chi connectivity index (χ1) is 6.09.